The third kappa shape index (κ3) is 5.27. The SMILES string of the molecule is Cc1ccc(C(=O)NCc2ccc(-n3ccnc3C)cc2)cc1S(=O)(=O)Nc1cccc(C)c1C. The van der Waals surface area contributed by atoms with Crippen molar-refractivity contribution in [3.63, 3.8) is 0 Å². The Hall–Kier alpha value is -3.91. The number of aryl methyl sites for hydroxylation is 3. The normalized spacial score (nSPS) is 11.3. The molecule has 180 valence electrons. The second kappa shape index (κ2) is 9.76. The summed E-state index contributed by atoms with van der Waals surface area (Å²) in [4.78, 5) is 17.1. The van der Waals surface area contributed by atoms with Crippen LogP contribution in [0.4, 0.5) is 5.69 Å². The molecule has 0 saturated heterocycles. The lowest BCUT2D eigenvalue weighted by atomic mass is 10.1. The molecule has 3 aromatic carbocycles. The van der Waals surface area contributed by atoms with Crippen LogP contribution in [-0.4, -0.2) is 23.9 Å². The zero-order valence-corrected chi connectivity index (χ0v) is 21.0. The van der Waals surface area contributed by atoms with Crippen molar-refractivity contribution in [3.8, 4) is 5.69 Å². The minimum Gasteiger partial charge on any atom is -0.348 e. The molecule has 1 aromatic heterocycles. The summed E-state index contributed by atoms with van der Waals surface area (Å²) in [5, 5.41) is 2.87. The van der Waals surface area contributed by atoms with Gasteiger partial charge in [-0.3, -0.25) is 9.52 Å². The Kier molecular flexibility index (Phi) is 6.75. The van der Waals surface area contributed by atoms with Crippen LogP contribution in [0.25, 0.3) is 5.69 Å². The van der Waals surface area contributed by atoms with E-state index in [9.17, 15) is 13.2 Å². The molecule has 0 aliphatic carbocycles. The molecule has 8 heteroatoms. The molecule has 0 atom stereocenters. The summed E-state index contributed by atoms with van der Waals surface area (Å²) in [6, 6.07) is 18.0. The molecule has 4 rings (SSSR count). The van der Waals surface area contributed by atoms with Gasteiger partial charge in [-0.15, -0.1) is 0 Å². The maximum Gasteiger partial charge on any atom is 0.262 e. The van der Waals surface area contributed by atoms with Gasteiger partial charge in [0.2, 0.25) is 0 Å². The first-order valence-electron chi connectivity index (χ1n) is 11.2. The van der Waals surface area contributed by atoms with E-state index in [1.54, 1.807) is 37.4 Å². The van der Waals surface area contributed by atoms with E-state index in [-0.39, 0.29) is 16.4 Å². The van der Waals surface area contributed by atoms with Gasteiger partial charge in [-0.1, -0.05) is 30.3 Å². The van der Waals surface area contributed by atoms with E-state index in [1.165, 1.54) is 6.07 Å². The summed E-state index contributed by atoms with van der Waals surface area (Å²) in [5.41, 5.74) is 5.12. The van der Waals surface area contributed by atoms with E-state index in [0.29, 0.717) is 17.8 Å². The smallest absolute Gasteiger partial charge is 0.262 e. The second-order valence-corrected chi connectivity index (χ2v) is 10.2. The predicted octanol–water partition coefficient (Wildman–Crippen LogP) is 4.84. The third-order valence-corrected chi connectivity index (χ3v) is 7.59. The van der Waals surface area contributed by atoms with Crippen molar-refractivity contribution >= 4 is 21.6 Å². The zero-order chi connectivity index (χ0) is 25.2. The van der Waals surface area contributed by atoms with Crippen LogP contribution in [0.15, 0.2) is 78.0 Å². The molecule has 0 unspecified atom stereocenters. The number of carbonyl (C=O) groups is 1. The number of hydrogen-bond acceptors (Lipinski definition) is 4. The molecule has 0 bridgehead atoms. The van der Waals surface area contributed by atoms with Gasteiger partial charge in [0.25, 0.3) is 15.9 Å². The van der Waals surface area contributed by atoms with Gasteiger partial charge in [0.05, 0.1) is 10.6 Å². The van der Waals surface area contributed by atoms with Gasteiger partial charge < -0.3 is 9.88 Å². The lowest BCUT2D eigenvalue weighted by molar-refractivity contribution is 0.0950. The number of nitrogens with one attached hydrogen (secondary N) is 2. The van der Waals surface area contributed by atoms with Crippen LogP contribution >= 0.6 is 0 Å². The lowest BCUT2D eigenvalue weighted by Crippen LogP contribution is -2.23. The number of sulfonamides is 1. The molecule has 0 fully saturated rings. The largest absolute Gasteiger partial charge is 0.348 e. The number of benzene rings is 3. The van der Waals surface area contributed by atoms with Gasteiger partial charge in [0.15, 0.2) is 0 Å². The number of imidazole rings is 1. The first-order valence-corrected chi connectivity index (χ1v) is 12.7. The van der Waals surface area contributed by atoms with Crippen molar-refractivity contribution < 1.29 is 13.2 Å². The number of carbonyl (C=O) groups excluding carboxylic acids is 1. The van der Waals surface area contributed by atoms with Crippen LogP contribution in [0.2, 0.25) is 0 Å². The minimum absolute atomic E-state index is 0.0751. The highest BCUT2D eigenvalue weighted by atomic mass is 32.2. The highest BCUT2D eigenvalue weighted by molar-refractivity contribution is 7.92. The Balaban J connectivity index is 1.48. The Morgan fingerprint density at radius 1 is 0.943 bits per heavy atom. The van der Waals surface area contributed by atoms with Crippen molar-refractivity contribution in [2.45, 2.75) is 39.1 Å². The third-order valence-electron chi connectivity index (χ3n) is 6.08. The molecular formula is C27H28N4O3S. The average molecular weight is 489 g/mol. The van der Waals surface area contributed by atoms with Crippen LogP contribution in [0.3, 0.4) is 0 Å². The number of anilines is 1. The predicted molar refractivity (Wildman–Crippen MR) is 137 cm³/mol. The van der Waals surface area contributed by atoms with Gasteiger partial charge >= 0.3 is 0 Å². The van der Waals surface area contributed by atoms with E-state index in [1.807, 2.05) is 61.9 Å². The molecule has 0 radical (unpaired) electrons. The fourth-order valence-corrected chi connectivity index (χ4v) is 5.20. The average Bonchev–Trinajstić information content (AvgIpc) is 3.26. The molecule has 35 heavy (non-hydrogen) atoms. The van der Waals surface area contributed by atoms with Crippen molar-refractivity contribution in [1.29, 1.82) is 0 Å². The maximum atomic E-state index is 13.1. The summed E-state index contributed by atoms with van der Waals surface area (Å²) in [6.45, 7) is 7.76. The van der Waals surface area contributed by atoms with Gasteiger partial charge in [-0.25, -0.2) is 13.4 Å². The monoisotopic (exact) mass is 488 g/mol. The summed E-state index contributed by atoms with van der Waals surface area (Å²) in [5.74, 6) is 0.547. The lowest BCUT2D eigenvalue weighted by Gasteiger charge is -2.14. The van der Waals surface area contributed by atoms with E-state index < -0.39 is 10.0 Å². The highest BCUT2D eigenvalue weighted by Crippen LogP contribution is 2.24. The van der Waals surface area contributed by atoms with Crippen LogP contribution in [-0.2, 0) is 16.6 Å². The number of hydrogen-bond donors (Lipinski definition) is 2. The number of rotatable bonds is 7. The van der Waals surface area contributed by atoms with Crippen molar-refractivity contribution in [2.24, 2.45) is 0 Å². The highest BCUT2D eigenvalue weighted by Gasteiger charge is 2.20. The van der Waals surface area contributed by atoms with Crippen LogP contribution in [0.1, 0.15) is 38.4 Å². The molecular weight excluding hydrogens is 460 g/mol. The van der Waals surface area contributed by atoms with Crippen molar-refractivity contribution in [1.82, 2.24) is 14.9 Å². The topological polar surface area (TPSA) is 93.1 Å². The molecule has 0 saturated carbocycles. The molecule has 0 spiro atoms. The summed E-state index contributed by atoms with van der Waals surface area (Å²) in [7, 11) is -3.87. The zero-order valence-electron chi connectivity index (χ0n) is 20.2. The Morgan fingerprint density at radius 2 is 1.69 bits per heavy atom. The molecule has 1 amide bonds. The van der Waals surface area contributed by atoms with E-state index in [4.69, 9.17) is 0 Å². The molecule has 1 heterocycles. The first kappa shape index (κ1) is 24.2. The second-order valence-electron chi connectivity index (χ2n) is 8.53. The van der Waals surface area contributed by atoms with Crippen molar-refractivity contribution in [3.05, 3.63) is 107 Å². The Morgan fingerprint density at radius 3 is 2.37 bits per heavy atom. The van der Waals surface area contributed by atoms with Gasteiger partial charge in [0, 0.05) is 30.2 Å². The number of nitrogens with zero attached hydrogens (tertiary/aromatic N) is 2. The Labute approximate surface area is 205 Å². The molecule has 2 N–H and O–H groups in total. The van der Waals surface area contributed by atoms with Gasteiger partial charge in [-0.2, -0.15) is 0 Å². The quantitative estimate of drug-likeness (QED) is 0.389. The fourth-order valence-electron chi connectivity index (χ4n) is 3.80. The van der Waals surface area contributed by atoms with Crippen LogP contribution < -0.4 is 10.0 Å². The minimum atomic E-state index is -3.87. The van der Waals surface area contributed by atoms with Crippen molar-refractivity contribution in [2.75, 3.05) is 4.72 Å². The Bertz CT molecular complexity index is 1490. The van der Waals surface area contributed by atoms with Crippen LogP contribution in [0.5, 0.6) is 0 Å². The van der Waals surface area contributed by atoms with E-state index >= 15 is 0 Å². The first-order chi connectivity index (χ1) is 16.7. The van der Waals surface area contributed by atoms with E-state index in [0.717, 1.165) is 28.2 Å². The number of aromatic nitrogens is 2. The molecule has 0 aliphatic heterocycles. The van der Waals surface area contributed by atoms with Gasteiger partial charge in [-0.05, 0) is 80.3 Å². The molecule has 7 nitrogen and oxygen atoms in total. The standard InChI is InChI=1S/C27H28N4O3S/c1-18-6-5-7-25(20(18)3)30-35(33,34)26-16-23(11-8-19(26)2)27(32)29-17-22-9-12-24(13-10-22)31-15-14-28-21(31)4/h5-16,30H,17H2,1-4H3,(H,29,32). The summed E-state index contributed by atoms with van der Waals surface area (Å²) in [6.07, 6.45) is 3.64. The fraction of sp³-hybridized carbons (Fsp3) is 0.185. The summed E-state index contributed by atoms with van der Waals surface area (Å²) < 4.78 is 30.9. The number of amides is 1. The maximum absolute atomic E-state index is 13.1. The summed E-state index contributed by atoms with van der Waals surface area (Å²) >= 11 is 0. The van der Waals surface area contributed by atoms with Crippen LogP contribution in [0, 0.1) is 27.7 Å². The molecule has 0 aliphatic rings. The van der Waals surface area contributed by atoms with E-state index in [2.05, 4.69) is 15.0 Å². The van der Waals surface area contributed by atoms with Gasteiger partial charge in [0.1, 0.15) is 5.82 Å². The molecule has 4 aromatic rings.